The fourth-order valence-electron chi connectivity index (χ4n) is 12.1. The van der Waals surface area contributed by atoms with Crippen molar-refractivity contribution in [1.82, 2.24) is 9.55 Å². The predicted molar refractivity (Wildman–Crippen MR) is 357 cm³/mol. The fraction of sp³-hybridized carbons (Fsp3) is 0.250. The van der Waals surface area contributed by atoms with Crippen molar-refractivity contribution in [2.24, 2.45) is 0 Å². The summed E-state index contributed by atoms with van der Waals surface area (Å²) in [5.74, 6) is 0.767. The second kappa shape index (κ2) is 21.8. The van der Waals surface area contributed by atoms with Gasteiger partial charge in [0.15, 0.2) is 0 Å². The molecule has 0 N–H and O–H groups in total. The zero-order chi connectivity index (χ0) is 69.8. The third-order valence-electron chi connectivity index (χ3n) is 17.1. The molecule has 86 heavy (non-hydrogen) atoms. The van der Waals surface area contributed by atoms with Crippen LogP contribution >= 0.6 is 0 Å². The van der Waals surface area contributed by atoms with Gasteiger partial charge in [0.1, 0.15) is 5.82 Å². The minimum atomic E-state index is -0.705. The van der Waals surface area contributed by atoms with E-state index < -0.39 is 51.9 Å². The van der Waals surface area contributed by atoms with Crippen LogP contribution in [0, 0.1) is 18.8 Å². The molecule has 0 bridgehead atoms. The average molecular weight is 1320 g/mol. The summed E-state index contributed by atoms with van der Waals surface area (Å²) >= 11 is 0. The van der Waals surface area contributed by atoms with Crippen molar-refractivity contribution in [3.8, 4) is 61.8 Å². The Balaban J connectivity index is 0.00000914. The first kappa shape index (κ1) is 45.4. The minimum Gasteiger partial charge on any atom is -0.509 e. The number of aromatic nitrogens is 2. The molecule has 13 rings (SSSR count). The number of rotatable bonds is 9. The van der Waals surface area contributed by atoms with E-state index in [1.165, 1.54) is 6.20 Å². The molecule has 0 fully saturated rings. The normalized spacial score (nSPS) is 16.7. The van der Waals surface area contributed by atoms with E-state index in [1.54, 1.807) is 28.8 Å². The molecular formula is C80H77N4OPt-3. The van der Waals surface area contributed by atoms with E-state index in [1.807, 2.05) is 68.7 Å². The monoisotopic (exact) mass is 1320 g/mol. The molecule has 0 radical (unpaired) electrons. The molecule has 2 aliphatic rings. The zero-order valence-corrected chi connectivity index (χ0v) is 53.4. The summed E-state index contributed by atoms with van der Waals surface area (Å²) in [7, 11) is 0. The molecule has 3 heterocycles. The summed E-state index contributed by atoms with van der Waals surface area (Å²) in [6.07, 6.45) is 3.10. The number of nitrogens with zero attached hydrogens (tertiary/aromatic N) is 4. The van der Waals surface area contributed by atoms with E-state index in [9.17, 15) is 6.85 Å². The van der Waals surface area contributed by atoms with Gasteiger partial charge in [-0.3, -0.25) is 0 Å². The molecule has 436 valence electrons. The summed E-state index contributed by atoms with van der Waals surface area (Å²) in [6, 6.07) is 44.2. The van der Waals surface area contributed by atoms with Gasteiger partial charge >= 0.3 is 0 Å². The number of para-hydroxylation sites is 3. The van der Waals surface area contributed by atoms with Crippen LogP contribution in [0.5, 0.6) is 11.5 Å². The van der Waals surface area contributed by atoms with Gasteiger partial charge in [0.2, 0.25) is 0 Å². The van der Waals surface area contributed by atoms with Crippen molar-refractivity contribution in [3.05, 3.63) is 247 Å². The van der Waals surface area contributed by atoms with Gasteiger partial charge in [0.25, 0.3) is 0 Å². The molecule has 0 spiro atoms. The maximum Gasteiger partial charge on any atom is 0.135 e. The predicted octanol–water partition coefficient (Wildman–Crippen LogP) is 21.9. The summed E-state index contributed by atoms with van der Waals surface area (Å²) in [4.78, 5) is 9.08. The smallest absolute Gasteiger partial charge is 0.135 e. The molecule has 0 unspecified atom stereocenters. The number of hydrogen-bond donors (Lipinski definition) is 0. The Hall–Kier alpha value is -7.98. The fourth-order valence-corrected chi connectivity index (χ4v) is 12.1. The summed E-state index contributed by atoms with van der Waals surface area (Å²) in [6.45, 7) is 29.7. The van der Waals surface area contributed by atoms with Crippen LogP contribution in [0.4, 0.5) is 22.7 Å². The molecule has 2 aromatic heterocycles. The van der Waals surface area contributed by atoms with Crippen LogP contribution in [0.2, 0.25) is 0 Å². The van der Waals surface area contributed by atoms with Crippen LogP contribution in [0.3, 0.4) is 0 Å². The second-order valence-electron chi connectivity index (χ2n) is 27.2. The van der Waals surface area contributed by atoms with E-state index in [2.05, 4.69) is 147 Å². The number of ether oxygens (including phenoxy) is 1. The Bertz CT molecular complexity index is 5090. The molecule has 1 aliphatic carbocycles. The molecule has 1 aliphatic heterocycles. The van der Waals surface area contributed by atoms with Crippen molar-refractivity contribution in [3.63, 3.8) is 0 Å². The zero-order valence-electron chi connectivity index (χ0n) is 63.1. The number of anilines is 4. The summed E-state index contributed by atoms with van der Waals surface area (Å²) < 4.78 is 119. The second-order valence-corrected chi connectivity index (χ2v) is 27.2. The molecule has 5 nitrogen and oxygen atoms in total. The van der Waals surface area contributed by atoms with Crippen molar-refractivity contribution < 1.29 is 42.3 Å². The Labute approximate surface area is 541 Å². The summed E-state index contributed by atoms with van der Waals surface area (Å²) in [5.41, 5.74) is 10.7. The van der Waals surface area contributed by atoms with Crippen LogP contribution in [0.25, 0.3) is 72.1 Å². The maximum absolute atomic E-state index is 10.5. The maximum atomic E-state index is 10.5. The van der Waals surface area contributed by atoms with Crippen molar-refractivity contribution >= 4 is 44.6 Å². The van der Waals surface area contributed by atoms with Crippen LogP contribution in [-0.2, 0) is 48.1 Å². The first-order valence-corrected chi connectivity index (χ1v) is 29.3. The van der Waals surface area contributed by atoms with E-state index in [0.717, 1.165) is 74.4 Å². The van der Waals surface area contributed by atoms with Crippen LogP contribution in [-0.4, -0.2) is 9.55 Å². The molecule has 6 heteroatoms. The number of pyridine rings is 1. The first-order valence-electron chi connectivity index (χ1n) is 35.3. The Morgan fingerprint density at radius 3 is 1.86 bits per heavy atom. The molecular weight excluding hydrogens is 1230 g/mol. The van der Waals surface area contributed by atoms with Gasteiger partial charge in [-0.05, 0) is 143 Å². The Morgan fingerprint density at radius 1 is 0.523 bits per heavy atom. The van der Waals surface area contributed by atoms with Crippen molar-refractivity contribution in [2.75, 3.05) is 9.80 Å². The van der Waals surface area contributed by atoms with Gasteiger partial charge in [-0.15, -0.1) is 48.1 Å². The van der Waals surface area contributed by atoms with Crippen molar-refractivity contribution in [2.45, 2.75) is 130 Å². The quantitative estimate of drug-likeness (QED) is 0.135. The van der Waals surface area contributed by atoms with E-state index in [4.69, 9.17) is 19.3 Å². The molecule has 11 aromatic rings. The topological polar surface area (TPSA) is 33.5 Å². The third kappa shape index (κ3) is 10.7. The first-order chi connectivity index (χ1) is 45.5. The SMILES string of the molecule is [2H]c1c([2H])c([2H])c(-c2cnc(-n3c4[c-]c(Oc5[c-]c(N6[CH-]N(c7c(-c8cc(-c9ccccc9)cc(C(C)(C)C)c8)cc(C(C)(C)C)cc7-c7c([2H])c([2H])c8c(c7[2H])C(C)(C)CCC8(C)C)c7ccccc76)ccc5)ccc4c4c([2H])c([2H])c([2H])c([2H])c43)cc2C(C)(C)C)c([2H])c1[2H].[Pt]. The molecule has 0 saturated heterocycles. The Kier molecular flexibility index (Phi) is 11.5. The van der Waals surface area contributed by atoms with Gasteiger partial charge < -0.3 is 19.1 Å². The molecule has 9 aromatic carbocycles. The number of hydrogen-bond acceptors (Lipinski definition) is 4. The van der Waals surface area contributed by atoms with E-state index in [-0.39, 0.29) is 96.8 Å². The number of benzene rings is 9. The Morgan fingerprint density at radius 2 is 1.15 bits per heavy atom. The molecule has 0 amide bonds. The minimum absolute atomic E-state index is 0. The van der Waals surface area contributed by atoms with Gasteiger partial charge in [-0.25, -0.2) is 4.98 Å². The average Bonchev–Trinajstić information content (AvgIpc) is 1.13. The van der Waals surface area contributed by atoms with Gasteiger partial charge in [-0.2, -0.15) is 12.1 Å². The van der Waals surface area contributed by atoms with Crippen molar-refractivity contribution in [1.29, 1.82) is 0 Å². The van der Waals surface area contributed by atoms with E-state index >= 15 is 0 Å². The van der Waals surface area contributed by atoms with Crippen LogP contribution in [0.1, 0.15) is 147 Å². The number of fused-ring (bicyclic) bond motifs is 5. The van der Waals surface area contributed by atoms with E-state index in [0.29, 0.717) is 44.6 Å². The molecule has 0 saturated carbocycles. The summed E-state index contributed by atoms with van der Waals surface area (Å²) in [5, 5.41) is 0.672. The van der Waals surface area contributed by atoms with Crippen LogP contribution < -0.4 is 14.5 Å². The standard InChI is InChI=1S/C80H77N4O.Pt/c1-76(2,3)57-42-55(52-25-16-14-17-26-52)41-56(43-57)65-46-58(77(4,5)6)45-64(54-35-38-67-69(44-54)80(12,13)40-39-79(67,10)11)75(65)83-51-82(71-33-22-23-34-72(71)83)59-29-24-30-60(47-59)85-61-36-37-63-62-31-20-21-32-70(62)84(73(63)48-61)74-49-68(78(7,8)9)66(50-81-74)53-27-18-15-19-28-53;/h14-38,41-46,49-51H,39-40H2,1-13H3;/q-3;/i15D,18D,19D,20D,21D,27D,28D,31D,32D,35D,38D,44D;. The largest absolute Gasteiger partial charge is 0.509 e. The van der Waals surface area contributed by atoms with Gasteiger partial charge in [-0.1, -0.05) is 217 Å². The third-order valence-corrected chi connectivity index (χ3v) is 17.1. The van der Waals surface area contributed by atoms with Crippen LogP contribution in [0.15, 0.2) is 200 Å². The van der Waals surface area contributed by atoms with Gasteiger partial charge in [0.05, 0.1) is 16.4 Å². The van der Waals surface area contributed by atoms with Gasteiger partial charge in [0, 0.05) is 78.0 Å². The molecule has 0 atom stereocenters.